The van der Waals surface area contributed by atoms with E-state index in [2.05, 4.69) is 10.6 Å². The zero-order valence-electron chi connectivity index (χ0n) is 12.0. The van der Waals surface area contributed by atoms with Crippen LogP contribution in [0.4, 0.5) is 0 Å². The van der Waals surface area contributed by atoms with E-state index in [9.17, 15) is 9.59 Å². The highest BCUT2D eigenvalue weighted by Gasteiger charge is 2.27. The molecule has 0 spiro atoms. The molecule has 2 rings (SSSR count). The molecule has 0 saturated heterocycles. The van der Waals surface area contributed by atoms with Gasteiger partial charge in [-0.25, -0.2) is 4.79 Å². The van der Waals surface area contributed by atoms with Crippen molar-refractivity contribution in [3.05, 3.63) is 35.4 Å². The van der Waals surface area contributed by atoms with Crippen LogP contribution >= 0.6 is 11.8 Å². The maximum atomic E-state index is 12.2. The molecular formula is C15H20N2O3S. The lowest BCUT2D eigenvalue weighted by atomic mass is 9.95. The largest absolute Gasteiger partial charge is 0.480 e. The number of hydrogen-bond acceptors (Lipinski definition) is 4. The number of rotatable bonds is 6. The molecule has 114 valence electrons. The van der Waals surface area contributed by atoms with Crippen molar-refractivity contribution >= 4 is 23.6 Å². The first-order valence-electron chi connectivity index (χ1n) is 6.94. The second-order valence-corrected chi connectivity index (χ2v) is 6.07. The third kappa shape index (κ3) is 4.22. The Morgan fingerprint density at radius 1 is 1.43 bits per heavy atom. The molecule has 0 saturated carbocycles. The lowest BCUT2D eigenvalue weighted by molar-refractivity contribution is -0.142. The van der Waals surface area contributed by atoms with Crippen LogP contribution in [-0.4, -0.2) is 41.1 Å². The first kappa shape index (κ1) is 15.9. The summed E-state index contributed by atoms with van der Waals surface area (Å²) in [7, 11) is 0. The third-order valence-electron chi connectivity index (χ3n) is 3.62. The van der Waals surface area contributed by atoms with E-state index in [-0.39, 0.29) is 11.9 Å². The van der Waals surface area contributed by atoms with Crippen molar-refractivity contribution in [1.82, 2.24) is 10.6 Å². The Labute approximate surface area is 128 Å². The number of carboxylic acids is 1. The van der Waals surface area contributed by atoms with Crippen LogP contribution in [0.2, 0.25) is 0 Å². The van der Waals surface area contributed by atoms with Gasteiger partial charge in [0.1, 0.15) is 6.04 Å². The van der Waals surface area contributed by atoms with Crippen LogP contribution in [0.3, 0.4) is 0 Å². The molecular weight excluding hydrogens is 288 g/mol. The minimum atomic E-state index is -0.978. The lowest BCUT2D eigenvalue weighted by Crippen LogP contribution is -2.52. The molecule has 0 radical (unpaired) electrons. The van der Waals surface area contributed by atoms with E-state index in [0.717, 1.165) is 5.56 Å². The highest BCUT2D eigenvalue weighted by atomic mass is 32.2. The van der Waals surface area contributed by atoms with Crippen LogP contribution in [0.15, 0.2) is 24.3 Å². The van der Waals surface area contributed by atoms with Gasteiger partial charge in [-0.05, 0) is 36.0 Å². The predicted molar refractivity (Wildman–Crippen MR) is 83.3 cm³/mol. The predicted octanol–water partition coefficient (Wildman–Crippen LogP) is 1.02. The fraction of sp³-hybridized carbons (Fsp3) is 0.467. The number of carbonyl (C=O) groups is 2. The first-order valence-corrected chi connectivity index (χ1v) is 8.33. The summed E-state index contributed by atoms with van der Waals surface area (Å²) < 4.78 is 0. The van der Waals surface area contributed by atoms with Gasteiger partial charge in [0.2, 0.25) is 5.91 Å². The molecule has 0 bridgehead atoms. The zero-order valence-corrected chi connectivity index (χ0v) is 12.8. The SMILES string of the molecule is CSCCC(NC(=O)C1Cc2ccccc2CN1)C(=O)O. The molecule has 1 aromatic carbocycles. The van der Waals surface area contributed by atoms with E-state index in [4.69, 9.17) is 5.11 Å². The second-order valence-electron chi connectivity index (χ2n) is 5.09. The molecule has 6 heteroatoms. The second kappa shape index (κ2) is 7.47. The Morgan fingerprint density at radius 3 is 2.81 bits per heavy atom. The van der Waals surface area contributed by atoms with Gasteiger partial charge in [-0.15, -0.1) is 0 Å². The lowest BCUT2D eigenvalue weighted by Gasteiger charge is -2.26. The molecule has 2 unspecified atom stereocenters. The van der Waals surface area contributed by atoms with E-state index >= 15 is 0 Å². The van der Waals surface area contributed by atoms with Crippen molar-refractivity contribution in [3.8, 4) is 0 Å². The van der Waals surface area contributed by atoms with Gasteiger partial charge < -0.3 is 15.7 Å². The van der Waals surface area contributed by atoms with Gasteiger partial charge in [0.25, 0.3) is 0 Å². The van der Waals surface area contributed by atoms with Gasteiger partial charge in [0, 0.05) is 6.54 Å². The van der Waals surface area contributed by atoms with Crippen molar-refractivity contribution in [2.24, 2.45) is 0 Å². The van der Waals surface area contributed by atoms with Crippen LogP contribution in [0, 0.1) is 0 Å². The number of thioether (sulfide) groups is 1. The van der Waals surface area contributed by atoms with Crippen molar-refractivity contribution in [2.45, 2.75) is 31.5 Å². The number of amides is 1. The average molecular weight is 308 g/mol. The molecule has 1 aliphatic heterocycles. The Balaban J connectivity index is 1.96. The Bertz CT molecular complexity index is 521. The number of carbonyl (C=O) groups excluding carboxylic acids is 1. The summed E-state index contributed by atoms with van der Waals surface area (Å²) in [6, 6.07) is 6.80. The molecule has 0 fully saturated rings. The first-order chi connectivity index (χ1) is 10.1. The average Bonchev–Trinajstić information content (AvgIpc) is 2.50. The van der Waals surface area contributed by atoms with Crippen molar-refractivity contribution in [1.29, 1.82) is 0 Å². The molecule has 1 aliphatic rings. The van der Waals surface area contributed by atoms with Gasteiger partial charge >= 0.3 is 5.97 Å². The Hall–Kier alpha value is -1.53. The number of carboxylic acid groups (broad SMARTS) is 1. The summed E-state index contributed by atoms with van der Waals surface area (Å²) >= 11 is 1.57. The maximum Gasteiger partial charge on any atom is 0.326 e. The van der Waals surface area contributed by atoms with Crippen LogP contribution in [-0.2, 0) is 22.6 Å². The van der Waals surface area contributed by atoms with E-state index < -0.39 is 12.0 Å². The zero-order chi connectivity index (χ0) is 15.2. The van der Waals surface area contributed by atoms with Gasteiger partial charge in [-0.2, -0.15) is 11.8 Å². The maximum absolute atomic E-state index is 12.2. The number of fused-ring (bicyclic) bond motifs is 1. The summed E-state index contributed by atoms with van der Waals surface area (Å²) in [5, 5.41) is 15.0. The van der Waals surface area contributed by atoms with Crippen LogP contribution < -0.4 is 10.6 Å². The Morgan fingerprint density at radius 2 is 2.14 bits per heavy atom. The summed E-state index contributed by atoms with van der Waals surface area (Å²) in [6.45, 7) is 0.636. The van der Waals surface area contributed by atoms with E-state index in [1.54, 1.807) is 11.8 Å². The van der Waals surface area contributed by atoms with E-state index in [1.807, 2.05) is 30.5 Å². The molecule has 2 atom stereocenters. The number of benzene rings is 1. The monoisotopic (exact) mass is 308 g/mol. The van der Waals surface area contributed by atoms with E-state index in [0.29, 0.717) is 25.1 Å². The van der Waals surface area contributed by atoms with Crippen LogP contribution in [0.5, 0.6) is 0 Å². The van der Waals surface area contributed by atoms with E-state index in [1.165, 1.54) is 5.56 Å². The summed E-state index contributed by atoms with van der Waals surface area (Å²) in [5.41, 5.74) is 2.34. The fourth-order valence-electron chi connectivity index (χ4n) is 2.41. The number of nitrogens with one attached hydrogen (secondary N) is 2. The summed E-state index contributed by atoms with van der Waals surface area (Å²) in [4.78, 5) is 23.4. The van der Waals surface area contributed by atoms with Gasteiger partial charge in [0.05, 0.1) is 6.04 Å². The molecule has 1 amide bonds. The molecule has 21 heavy (non-hydrogen) atoms. The smallest absolute Gasteiger partial charge is 0.326 e. The minimum Gasteiger partial charge on any atom is -0.480 e. The summed E-state index contributed by atoms with van der Waals surface area (Å²) in [5.74, 6) is -0.510. The number of aliphatic carboxylic acids is 1. The molecule has 1 heterocycles. The normalized spacial score (nSPS) is 18.6. The molecule has 0 aliphatic carbocycles. The summed E-state index contributed by atoms with van der Waals surface area (Å²) in [6.07, 6.45) is 2.95. The highest BCUT2D eigenvalue weighted by Crippen LogP contribution is 2.16. The number of hydrogen-bond donors (Lipinski definition) is 3. The molecule has 0 aromatic heterocycles. The van der Waals surface area contributed by atoms with Crippen molar-refractivity contribution < 1.29 is 14.7 Å². The molecule has 1 aromatic rings. The fourth-order valence-corrected chi connectivity index (χ4v) is 2.88. The van der Waals surface area contributed by atoms with Crippen LogP contribution in [0.1, 0.15) is 17.5 Å². The third-order valence-corrected chi connectivity index (χ3v) is 4.27. The van der Waals surface area contributed by atoms with Crippen LogP contribution in [0.25, 0.3) is 0 Å². The van der Waals surface area contributed by atoms with Crippen molar-refractivity contribution in [3.63, 3.8) is 0 Å². The van der Waals surface area contributed by atoms with Crippen molar-refractivity contribution in [2.75, 3.05) is 12.0 Å². The van der Waals surface area contributed by atoms with Gasteiger partial charge in [-0.3, -0.25) is 4.79 Å². The quantitative estimate of drug-likeness (QED) is 0.731. The molecule has 5 nitrogen and oxygen atoms in total. The minimum absolute atomic E-state index is 0.238. The van der Waals surface area contributed by atoms with Gasteiger partial charge in [-0.1, -0.05) is 24.3 Å². The standard InChI is InChI=1S/C15H20N2O3S/c1-21-7-6-12(15(19)20)17-14(18)13-8-10-4-2-3-5-11(10)9-16-13/h2-5,12-13,16H,6-9H2,1H3,(H,17,18)(H,19,20). The molecule has 3 N–H and O–H groups in total. The highest BCUT2D eigenvalue weighted by molar-refractivity contribution is 7.98. The van der Waals surface area contributed by atoms with Gasteiger partial charge in [0.15, 0.2) is 0 Å². The Kier molecular flexibility index (Phi) is 5.64. The topological polar surface area (TPSA) is 78.4 Å².